The molecule has 0 aromatic rings. The average Bonchev–Trinajstić information content (AvgIpc) is 3.08. The molecule has 29 heavy (non-hydrogen) atoms. The number of ether oxygens (including phenoxy) is 3. The van der Waals surface area contributed by atoms with Crippen molar-refractivity contribution in [3.05, 3.63) is 0 Å². The van der Waals surface area contributed by atoms with Crippen molar-refractivity contribution < 1.29 is 19.0 Å². The number of likely N-dealkylation sites (tertiary alicyclic amines) is 1. The van der Waals surface area contributed by atoms with Gasteiger partial charge in [-0.05, 0) is 40.0 Å². The molecule has 2 atom stereocenters. The summed E-state index contributed by atoms with van der Waals surface area (Å²) in [7, 11) is 1.68. The van der Waals surface area contributed by atoms with Crippen LogP contribution in [0.4, 0.5) is 4.79 Å². The summed E-state index contributed by atoms with van der Waals surface area (Å²) in [6.07, 6.45) is 0.687. The lowest BCUT2D eigenvalue weighted by Gasteiger charge is -2.26. The Hall–Kier alpha value is -1.54. The van der Waals surface area contributed by atoms with Gasteiger partial charge in [0.1, 0.15) is 5.60 Å². The van der Waals surface area contributed by atoms with E-state index in [0.29, 0.717) is 25.7 Å². The second-order valence-corrected chi connectivity index (χ2v) is 8.86. The van der Waals surface area contributed by atoms with Gasteiger partial charge in [0.05, 0.1) is 32.4 Å². The van der Waals surface area contributed by atoms with E-state index in [1.807, 2.05) is 20.8 Å². The molecule has 2 unspecified atom stereocenters. The van der Waals surface area contributed by atoms with Crippen LogP contribution < -0.4 is 10.6 Å². The maximum atomic E-state index is 12.2. The van der Waals surface area contributed by atoms with Gasteiger partial charge in [0.25, 0.3) is 0 Å². The van der Waals surface area contributed by atoms with Crippen molar-refractivity contribution in [1.29, 1.82) is 0 Å². The number of carbonyl (C=O) groups excluding carboxylic acids is 1. The van der Waals surface area contributed by atoms with Crippen LogP contribution in [-0.2, 0) is 14.2 Å². The highest BCUT2D eigenvalue weighted by Crippen LogP contribution is 2.17. The topological polar surface area (TPSA) is 84.4 Å². The Morgan fingerprint density at radius 3 is 2.59 bits per heavy atom. The first-order valence-electron chi connectivity index (χ1n) is 10.8. The fourth-order valence-electron chi connectivity index (χ4n) is 3.05. The van der Waals surface area contributed by atoms with Gasteiger partial charge in [0.2, 0.25) is 0 Å². The van der Waals surface area contributed by atoms with Crippen molar-refractivity contribution in [2.75, 3.05) is 53.1 Å². The average molecular weight is 415 g/mol. The summed E-state index contributed by atoms with van der Waals surface area (Å²) in [5.74, 6) is 1.63. The Kier molecular flexibility index (Phi) is 11.3. The first-order chi connectivity index (χ1) is 13.7. The van der Waals surface area contributed by atoms with Crippen LogP contribution in [0.2, 0.25) is 0 Å². The van der Waals surface area contributed by atoms with Crippen LogP contribution in [0, 0.1) is 11.8 Å². The molecule has 170 valence electrons. The van der Waals surface area contributed by atoms with Crippen LogP contribution in [0.3, 0.4) is 0 Å². The van der Waals surface area contributed by atoms with E-state index in [-0.39, 0.29) is 12.0 Å². The summed E-state index contributed by atoms with van der Waals surface area (Å²) in [4.78, 5) is 19.2. The van der Waals surface area contributed by atoms with Crippen LogP contribution in [0.25, 0.3) is 0 Å². The maximum Gasteiger partial charge on any atom is 0.407 e. The summed E-state index contributed by atoms with van der Waals surface area (Å²) in [6, 6.07) is -0.0886. The van der Waals surface area contributed by atoms with Gasteiger partial charge in [-0.1, -0.05) is 13.8 Å². The van der Waals surface area contributed by atoms with E-state index in [0.717, 1.165) is 38.6 Å². The molecule has 0 spiro atoms. The van der Waals surface area contributed by atoms with Crippen LogP contribution >= 0.6 is 0 Å². The number of alkyl carbamates (subject to hydrolysis) is 1. The van der Waals surface area contributed by atoms with Gasteiger partial charge in [-0.25, -0.2) is 4.79 Å². The van der Waals surface area contributed by atoms with Crippen molar-refractivity contribution in [2.45, 2.75) is 59.6 Å². The third-order valence-electron chi connectivity index (χ3n) is 4.65. The van der Waals surface area contributed by atoms with Gasteiger partial charge in [0, 0.05) is 32.7 Å². The van der Waals surface area contributed by atoms with E-state index in [9.17, 15) is 4.79 Å². The molecule has 1 amide bonds. The zero-order valence-corrected chi connectivity index (χ0v) is 19.4. The zero-order valence-electron chi connectivity index (χ0n) is 19.4. The second kappa shape index (κ2) is 12.9. The monoisotopic (exact) mass is 414 g/mol. The number of nitrogens with zero attached hydrogens (tertiary/aromatic N) is 2. The number of methoxy groups -OCH3 is 1. The smallest absolute Gasteiger partial charge is 0.407 e. The summed E-state index contributed by atoms with van der Waals surface area (Å²) in [6.45, 7) is 17.0. The molecule has 0 saturated carbocycles. The Balaban J connectivity index is 2.63. The zero-order chi connectivity index (χ0) is 21.9. The lowest BCUT2D eigenvalue weighted by atomic mass is 10.1. The van der Waals surface area contributed by atoms with E-state index in [4.69, 9.17) is 19.2 Å². The van der Waals surface area contributed by atoms with Crippen molar-refractivity contribution in [1.82, 2.24) is 15.5 Å². The lowest BCUT2D eigenvalue weighted by Crippen LogP contribution is -2.45. The first-order valence-corrected chi connectivity index (χ1v) is 10.8. The molecule has 1 saturated heterocycles. The van der Waals surface area contributed by atoms with Gasteiger partial charge in [0.15, 0.2) is 5.96 Å². The van der Waals surface area contributed by atoms with E-state index in [2.05, 4.69) is 36.3 Å². The Morgan fingerprint density at radius 2 is 2.00 bits per heavy atom. The predicted molar refractivity (Wildman–Crippen MR) is 116 cm³/mol. The number of aliphatic imine (C=N–C) groups is 1. The third-order valence-corrected chi connectivity index (χ3v) is 4.65. The second-order valence-electron chi connectivity index (χ2n) is 8.86. The number of carbonyl (C=O) groups is 1. The molecule has 1 fully saturated rings. The van der Waals surface area contributed by atoms with Gasteiger partial charge < -0.3 is 29.7 Å². The molecule has 0 radical (unpaired) electrons. The van der Waals surface area contributed by atoms with Gasteiger partial charge in [-0.2, -0.15) is 0 Å². The molecule has 1 rings (SSSR count). The van der Waals surface area contributed by atoms with Gasteiger partial charge in [-0.3, -0.25) is 4.99 Å². The van der Waals surface area contributed by atoms with E-state index < -0.39 is 11.7 Å². The Morgan fingerprint density at radius 1 is 1.28 bits per heavy atom. The molecule has 0 aromatic carbocycles. The van der Waals surface area contributed by atoms with Crippen molar-refractivity contribution in [2.24, 2.45) is 16.8 Å². The van der Waals surface area contributed by atoms with Crippen LogP contribution in [0.5, 0.6) is 0 Å². The lowest BCUT2D eigenvalue weighted by molar-refractivity contribution is 0.0493. The quantitative estimate of drug-likeness (QED) is 0.325. The fraction of sp³-hybridized carbons (Fsp3) is 0.905. The molecule has 2 N–H and O–H groups in total. The predicted octanol–water partition coefficient (Wildman–Crippen LogP) is 2.49. The van der Waals surface area contributed by atoms with Crippen molar-refractivity contribution in [3.8, 4) is 0 Å². The van der Waals surface area contributed by atoms with Gasteiger partial charge in [-0.15, -0.1) is 0 Å². The molecular formula is C21H42N4O4. The molecule has 0 bridgehead atoms. The molecule has 0 aromatic heterocycles. The first kappa shape index (κ1) is 25.5. The molecule has 8 heteroatoms. The van der Waals surface area contributed by atoms with E-state index in [1.165, 1.54) is 0 Å². The number of nitrogens with one attached hydrogen (secondary N) is 2. The SMILES string of the molecule is CCNC(=NCC(NC(=O)OC(C)(C)C)C(C)C)N1CCC(COCCOC)C1. The fourth-order valence-corrected chi connectivity index (χ4v) is 3.05. The minimum Gasteiger partial charge on any atom is -0.444 e. The standard InChI is InChI=1S/C21H42N4O4/c1-8-22-19(25-10-9-17(14-25)15-28-12-11-27-7)23-13-18(16(2)3)24-20(26)29-21(4,5)6/h16-18H,8-15H2,1-7H3,(H,22,23)(H,24,26). The minimum atomic E-state index is -0.514. The highest BCUT2D eigenvalue weighted by Gasteiger charge is 2.26. The molecule has 1 heterocycles. The van der Waals surface area contributed by atoms with Gasteiger partial charge >= 0.3 is 6.09 Å². The minimum absolute atomic E-state index is 0.0886. The Bertz CT molecular complexity index is 505. The maximum absolute atomic E-state index is 12.2. The molecule has 0 aliphatic carbocycles. The number of hydrogen-bond acceptors (Lipinski definition) is 5. The number of guanidine groups is 1. The van der Waals surface area contributed by atoms with Crippen LogP contribution in [-0.4, -0.2) is 81.7 Å². The van der Waals surface area contributed by atoms with E-state index >= 15 is 0 Å². The summed E-state index contributed by atoms with van der Waals surface area (Å²) in [5.41, 5.74) is -0.514. The normalized spacial score (nSPS) is 18.8. The summed E-state index contributed by atoms with van der Waals surface area (Å²) < 4.78 is 16.1. The largest absolute Gasteiger partial charge is 0.444 e. The van der Waals surface area contributed by atoms with Crippen LogP contribution in [0.15, 0.2) is 4.99 Å². The number of hydrogen-bond donors (Lipinski definition) is 2. The highest BCUT2D eigenvalue weighted by molar-refractivity contribution is 5.80. The molecular weight excluding hydrogens is 372 g/mol. The van der Waals surface area contributed by atoms with Crippen LogP contribution in [0.1, 0.15) is 48.0 Å². The van der Waals surface area contributed by atoms with Crippen molar-refractivity contribution >= 4 is 12.1 Å². The molecule has 1 aliphatic heterocycles. The Labute approximate surface area is 176 Å². The summed E-state index contributed by atoms with van der Waals surface area (Å²) in [5, 5.41) is 6.34. The number of amides is 1. The molecule has 1 aliphatic rings. The summed E-state index contributed by atoms with van der Waals surface area (Å²) >= 11 is 0. The third kappa shape index (κ3) is 10.7. The molecule has 8 nitrogen and oxygen atoms in total. The number of rotatable bonds is 10. The van der Waals surface area contributed by atoms with E-state index in [1.54, 1.807) is 7.11 Å². The highest BCUT2D eigenvalue weighted by atomic mass is 16.6. The van der Waals surface area contributed by atoms with Crippen molar-refractivity contribution in [3.63, 3.8) is 0 Å².